The van der Waals surface area contributed by atoms with Gasteiger partial charge in [0.25, 0.3) is 0 Å². The minimum absolute atomic E-state index is 0.197. The lowest BCUT2D eigenvalue weighted by Crippen LogP contribution is -2.39. The molecule has 1 aliphatic heterocycles. The molecule has 1 aliphatic carbocycles. The number of ether oxygens (including phenoxy) is 1. The van der Waals surface area contributed by atoms with Crippen molar-refractivity contribution >= 4 is 11.9 Å². The van der Waals surface area contributed by atoms with Crippen molar-refractivity contribution < 1.29 is 18.7 Å². The Bertz CT molecular complexity index is 600. The molecule has 0 radical (unpaired) electrons. The van der Waals surface area contributed by atoms with Crippen LogP contribution in [-0.2, 0) is 16.1 Å². The van der Waals surface area contributed by atoms with Crippen molar-refractivity contribution in [2.24, 2.45) is 11.8 Å². The summed E-state index contributed by atoms with van der Waals surface area (Å²) in [5.41, 5.74) is 0.197. The van der Waals surface area contributed by atoms with Crippen molar-refractivity contribution in [3.63, 3.8) is 0 Å². The van der Waals surface area contributed by atoms with Crippen LogP contribution < -0.4 is 0 Å². The second-order valence-electron chi connectivity index (χ2n) is 6.66. The van der Waals surface area contributed by atoms with Crippen molar-refractivity contribution in [2.75, 3.05) is 27.7 Å². The first kappa shape index (κ1) is 16.0. The highest BCUT2D eigenvalue weighted by molar-refractivity contribution is 5.86. The van der Waals surface area contributed by atoms with E-state index in [1.54, 1.807) is 0 Å². The summed E-state index contributed by atoms with van der Waals surface area (Å²) in [6.45, 7) is 1.41. The van der Waals surface area contributed by atoms with Gasteiger partial charge in [-0.25, -0.2) is 9.78 Å². The standard InChI is InChI=1S/C16H23N3O4/c1-18(8-14-17-13(9-23-14)16(21)22-3)12-4-10-6-15(20)19(2)7-11(10)5-12/h9-12H,4-8H2,1-3H3/t10-,11+,12-/m0/s1. The summed E-state index contributed by atoms with van der Waals surface area (Å²) >= 11 is 0. The van der Waals surface area contributed by atoms with Crippen LogP contribution in [-0.4, -0.2) is 60.5 Å². The van der Waals surface area contributed by atoms with E-state index in [4.69, 9.17) is 4.42 Å². The largest absolute Gasteiger partial charge is 0.464 e. The minimum atomic E-state index is -0.490. The molecule has 1 aromatic heterocycles. The van der Waals surface area contributed by atoms with Crippen LogP contribution in [0.15, 0.2) is 10.7 Å². The molecule has 1 amide bonds. The summed E-state index contributed by atoms with van der Waals surface area (Å²) in [6.07, 6.45) is 4.11. The summed E-state index contributed by atoms with van der Waals surface area (Å²) in [4.78, 5) is 31.5. The maximum absolute atomic E-state index is 11.8. The number of carbonyl (C=O) groups excluding carboxylic acids is 2. The van der Waals surface area contributed by atoms with E-state index < -0.39 is 5.97 Å². The third kappa shape index (κ3) is 3.24. The van der Waals surface area contributed by atoms with Gasteiger partial charge in [0.1, 0.15) is 6.26 Å². The number of hydrogen-bond acceptors (Lipinski definition) is 6. The van der Waals surface area contributed by atoms with Crippen molar-refractivity contribution in [2.45, 2.75) is 31.8 Å². The van der Waals surface area contributed by atoms with E-state index in [1.807, 2.05) is 19.0 Å². The quantitative estimate of drug-likeness (QED) is 0.774. The maximum Gasteiger partial charge on any atom is 0.360 e. The summed E-state index contributed by atoms with van der Waals surface area (Å²) in [6, 6.07) is 0.415. The predicted molar refractivity (Wildman–Crippen MR) is 81.6 cm³/mol. The van der Waals surface area contributed by atoms with E-state index >= 15 is 0 Å². The summed E-state index contributed by atoms with van der Waals surface area (Å²) < 4.78 is 9.98. The van der Waals surface area contributed by atoms with E-state index in [9.17, 15) is 9.59 Å². The molecule has 0 unspecified atom stereocenters. The number of likely N-dealkylation sites (tertiary alicyclic amines) is 1. The van der Waals surface area contributed by atoms with Crippen LogP contribution in [0.25, 0.3) is 0 Å². The summed E-state index contributed by atoms with van der Waals surface area (Å²) in [7, 11) is 5.24. The van der Waals surface area contributed by atoms with Crippen LogP contribution in [0.4, 0.5) is 0 Å². The maximum atomic E-state index is 11.8. The van der Waals surface area contributed by atoms with Gasteiger partial charge in [-0.1, -0.05) is 0 Å². The third-order valence-corrected chi connectivity index (χ3v) is 5.14. The van der Waals surface area contributed by atoms with Gasteiger partial charge < -0.3 is 14.1 Å². The zero-order chi connectivity index (χ0) is 16.6. The SMILES string of the molecule is COC(=O)c1coc(CN(C)[C@H]2C[C@H]3CC(=O)N(C)C[C@H]3C2)n1. The number of oxazole rings is 1. The molecule has 1 saturated heterocycles. The first-order valence-corrected chi connectivity index (χ1v) is 7.94. The number of methoxy groups -OCH3 is 1. The van der Waals surface area contributed by atoms with E-state index in [0.29, 0.717) is 36.7 Å². The van der Waals surface area contributed by atoms with Crippen LogP contribution in [0.5, 0.6) is 0 Å². The normalized spacial score (nSPS) is 27.4. The number of amides is 1. The highest BCUT2D eigenvalue weighted by Crippen LogP contribution is 2.40. The van der Waals surface area contributed by atoms with Crippen LogP contribution in [0, 0.1) is 11.8 Å². The molecule has 126 valence electrons. The zero-order valence-electron chi connectivity index (χ0n) is 13.8. The predicted octanol–water partition coefficient (Wildman–Crippen LogP) is 1.15. The molecule has 2 fully saturated rings. The number of piperidine rings is 1. The van der Waals surface area contributed by atoms with Crippen molar-refractivity contribution in [3.8, 4) is 0 Å². The number of carbonyl (C=O) groups is 2. The molecule has 2 aliphatic rings. The van der Waals surface area contributed by atoms with Crippen LogP contribution >= 0.6 is 0 Å². The fourth-order valence-electron chi connectivity index (χ4n) is 3.77. The summed E-state index contributed by atoms with van der Waals surface area (Å²) in [5.74, 6) is 1.35. The van der Waals surface area contributed by atoms with Crippen LogP contribution in [0.3, 0.4) is 0 Å². The van der Waals surface area contributed by atoms with E-state index in [-0.39, 0.29) is 11.6 Å². The van der Waals surface area contributed by atoms with Gasteiger partial charge in [0.15, 0.2) is 5.69 Å². The fourth-order valence-corrected chi connectivity index (χ4v) is 3.77. The average molecular weight is 321 g/mol. The van der Waals surface area contributed by atoms with Gasteiger partial charge >= 0.3 is 5.97 Å². The van der Waals surface area contributed by atoms with Crippen molar-refractivity contribution in [1.29, 1.82) is 0 Å². The number of fused-ring (bicyclic) bond motifs is 1. The van der Waals surface area contributed by atoms with Crippen LogP contribution in [0.1, 0.15) is 35.6 Å². The van der Waals surface area contributed by atoms with Gasteiger partial charge in [-0.2, -0.15) is 0 Å². The Balaban J connectivity index is 1.59. The highest BCUT2D eigenvalue weighted by atomic mass is 16.5. The number of hydrogen-bond donors (Lipinski definition) is 0. The average Bonchev–Trinajstić information content (AvgIpc) is 3.14. The Morgan fingerprint density at radius 1 is 1.48 bits per heavy atom. The number of rotatable bonds is 4. The van der Waals surface area contributed by atoms with Gasteiger partial charge in [0.05, 0.1) is 13.7 Å². The first-order chi connectivity index (χ1) is 11.0. The molecular formula is C16H23N3O4. The molecule has 3 rings (SSSR count). The Kier molecular flexibility index (Phi) is 4.39. The lowest BCUT2D eigenvalue weighted by molar-refractivity contribution is -0.134. The molecule has 1 saturated carbocycles. The Hall–Kier alpha value is -1.89. The number of esters is 1. The topological polar surface area (TPSA) is 75.9 Å². The molecule has 1 aromatic rings. The van der Waals surface area contributed by atoms with Gasteiger partial charge in [-0.15, -0.1) is 0 Å². The van der Waals surface area contributed by atoms with E-state index in [0.717, 1.165) is 19.4 Å². The zero-order valence-corrected chi connectivity index (χ0v) is 13.8. The van der Waals surface area contributed by atoms with Gasteiger partial charge in [0.2, 0.25) is 11.8 Å². The Morgan fingerprint density at radius 3 is 2.96 bits per heavy atom. The third-order valence-electron chi connectivity index (χ3n) is 5.14. The second kappa shape index (κ2) is 6.31. The molecule has 0 bridgehead atoms. The summed E-state index contributed by atoms with van der Waals surface area (Å²) in [5, 5.41) is 0. The molecule has 0 aromatic carbocycles. The monoisotopic (exact) mass is 321 g/mol. The van der Waals surface area contributed by atoms with E-state index in [2.05, 4.69) is 14.6 Å². The molecule has 7 nitrogen and oxygen atoms in total. The van der Waals surface area contributed by atoms with Gasteiger partial charge in [0, 0.05) is 26.1 Å². The first-order valence-electron chi connectivity index (χ1n) is 7.94. The molecule has 2 heterocycles. The molecule has 3 atom stereocenters. The second-order valence-corrected chi connectivity index (χ2v) is 6.66. The number of aromatic nitrogens is 1. The highest BCUT2D eigenvalue weighted by Gasteiger charge is 2.41. The van der Waals surface area contributed by atoms with Gasteiger partial charge in [-0.3, -0.25) is 9.69 Å². The lowest BCUT2D eigenvalue weighted by Gasteiger charge is -2.31. The smallest absolute Gasteiger partial charge is 0.360 e. The number of nitrogens with zero attached hydrogens (tertiary/aromatic N) is 3. The fraction of sp³-hybridized carbons (Fsp3) is 0.688. The molecular weight excluding hydrogens is 298 g/mol. The van der Waals surface area contributed by atoms with Crippen molar-refractivity contribution in [1.82, 2.24) is 14.8 Å². The lowest BCUT2D eigenvalue weighted by atomic mass is 9.88. The van der Waals surface area contributed by atoms with Crippen LogP contribution in [0.2, 0.25) is 0 Å². The minimum Gasteiger partial charge on any atom is -0.464 e. The molecule has 7 heteroatoms. The molecule has 0 N–H and O–H groups in total. The Labute approximate surface area is 135 Å². The van der Waals surface area contributed by atoms with Gasteiger partial charge in [-0.05, 0) is 31.7 Å². The van der Waals surface area contributed by atoms with E-state index in [1.165, 1.54) is 13.4 Å². The molecule has 23 heavy (non-hydrogen) atoms. The molecule has 0 spiro atoms. The van der Waals surface area contributed by atoms with Crippen molar-refractivity contribution in [3.05, 3.63) is 17.8 Å². The Morgan fingerprint density at radius 2 is 2.22 bits per heavy atom.